The summed E-state index contributed by atoms with van der Waals surface area (Å²) in [6.45, 7) is 1.07. The first-order chi connectivity index (χ1) is 9.13. The van der Waals surface area contributed by atoms with Gasteiger partial charge in [-0.2, -0.15) is 0 Å². The molecular formula is C13H17N3O3. The molecule has 1 aromatic carbocycles. The summed E-state index contributed by atoms with van der Waals surface area (Å²) < 4.78 is 5.27. The van der Waals surface area contributed by atoms with Gasteiger partial charge in [0.2, 0.25) is 5.91 Å². The number of amides is 2. The molecule has 1 aliphatic heterocycles. The van der Waals surface area contributed by atoms with Gasteiger partial charge in [0.05, 0.1) is 13.2 Å². The van der Waals surface area contributed by atoms with E-state index in [1.54, 1.807) is 31.3 Å². The summed E-state index contributed by atoms with van der Waals surface area (Å²) in [6, 6.07) is 6.08. The highest BCUT2D eigenvalue weighted by molar-refractivity contribution is 5.97. The lowest BCUT2D eigenvalue weighted by Crippen LogP contribution is -2.55. The van der Waals surface area contributed by atoms with Crippen LogP contribution in [-0.4, -0.2) is 49.6 Å². The van der Waals surface area contributed by atoms with Crippen molar-refractivity contribution in [3.8, 4) is 0 Å². The average molecular weight is 263 g/mol. The molecule has 0 saturated carbocycles. The van der Waals surface area contributed by atoms with E-state index in [0.717, 1.165) is 0 Å². The second kappa shape index (κ2) is 5.71. The number of carbonyl (C=O) groups is 2. The Kier molecular flexibility index (Phi) is 4.01. The number of carbonyl (C=O) groups excluding carboxylic acids is 2. The van der Waals surface area contributed by atoms with Crippen LogP contribution in [0.15, 0.2) is 24.3 Å². The molecule has 1 saturated heterocycles. The van der Waals surface area contributed by atoms with Gasteiger partial charge in [-0.05, 0) is 24.3 Å². The minimum atomic E-state index is -0.580. The van der Waals surface area contributed by atoms with Gasteiger partial charge in [0.15, 0.2) is 0 Å². The zero-order valence-electron chi connectivity index (χ0n) is 10.8. The minimum Gasteiger partial charge on any atom is -0.399 e. The van der Waals surface area contributed by atoms with Crippen molar-refractivity contribution in [3.63, 3.8) is 0 Å². The van der Waals surface area contributed by atoms with E-state index in [4.69, 9.17) is 10.5 Å². The summed E-state index contributed by atoms with van der Waals surface area (Å²) in [5, 5.41) is 2.55. The lowest BCUT2D eigenvalue weighted by Gasteiger charge is -2.34. The van der Waals surface area contributed by atoms with E-state index in [-0.39, 0.29) is 18.4 Å². The van der Waals surface area contributed by atoms with Crippen LogP contribution in [0.2, 0.25) is 0 Å². The summed E-state index contributed by atoms with van der Waals surface area (Å²) in [5.74, 6) is -0.402. The standard InChI is InChI=1S/C13H17N3O3/c1-15-12(17)11-8-19-7-6-16(11)13(18)9-2-4-10(14)5-3-9/h2-5,11H,6-8,14H2,1H3,(H,15,17). The molecule has 19 heavy (non-hydrogen) atoms. The lowest BCUT2D eigenvalue weighted by molar-refractivity contribution is -0.130. The highest BCUT2D eigenvalue weighted by atomic mass is 16.5. The Morgan fingerprint density at radius 1 is 1.37 bits per heavy atom. The second-order valence-corrected chi connectivity index (χ2v) is 4.33. The van der Waals surface area contributed by atoms with Crippen molar-refractivity contribution in [3.05, 3.63) is 29.8 Å². The van der Waals surface area contributed by atoms with Crippen LogP contribution in [0.1, 0.15) is 10.4 Å². The molecule has 3 N–H and O–H groups in total. The number of nitrogens with zero attached hydrogens (tertiary/aromatic N) is 1. The van der Waals surface area contributed by atoms with Crippen LogP contribution in [0.5, 0.6) is 0 Å². The van der Waals surface area contributed by atoms with E-state index in [1.165, 1.54) is 4.90 Å². The van der Waals surface area contributed by atoms with Crippen LogP contribution in [0.25, 0.3) is 0 Å². The molecule has 1 aliphatic rings. The number of ether oxygens (including phenoxy) is 1. The van der Waals surface area contributed by atoms with Crippen molar-refractivity contribution in [1.82, 2.24) is 10.2 Å². The fourth-order valence-corrected chi connectivity index (χ4v) is 2.02. The first-order valence-corrected chi connectivity index (χ1v) is 6.09. The van der Waals surface area contributed by atoms with Gasteiger partial charge in [-0.1, -0.05) is 0 Å². The fourth-order valence-electron chi connectivity index (χ4n) is 2.02. The van der Waals surface area contributed by atoms with Gasteiger partial charge in [0, 0.05) is 24.8 Å². The van der Waals surface area contributed by atoms with E-state index in [9.17, 15) is 9.59 Å². The summed E-state index contributed by atoms with van der Waals surface area (Å²) in [7, 11) is 1.54. The highest BCUT2D eigenvalue weighted by Gasteiger charge is 2.32. The summed E-state index contributed by atoms with van der Waals surface area (Å²) in [5.41, 5.74) is 6.71. The zero-order valence-corrected chi connectivity index (χ0v) is 10.8. The second-order valence-electron chi connectivity index (χ2n) is 4.33. The maximum Gasteiger partial charge on any atom is 0.254 e. The Labute approximate surface area is 111 Å². The molecule has 1 heterocycles. The highest BCUT2D eigenvalue weighted by Crippen LogP contribution is 2.14. The van der Waals surface area contributed by atoms with Crippen LogP contribution < -0.4 is 11.1 Å². The predicted octanol–water partition coefficient (Wildman–Crippen LogP) is -0.144. The number of nitrogens with one attached hydrogen (secondary N) is 1. The molecule has 2 rings (SSSR count). The number of hydrogen-bond acceptors (Lipinski definition) is 4. The molecule has 1 aromatic rings. The Morgan fingerprint density at radius 3 is 2.68 bits per heavy atom. The third-order valence-corrected chi connectivity index (χ3v) is 3.10. The maximum atomic E-state index is 12.4. The Morgan fingerprint density at radius 2 is 2.05 bits per heavy atom. The van der Waals surface area contributed by atoms with E-state index in [0.29, 0.717) is 24.4 Å². The number of likely N-dealkylation sites (N-methyl/N-ethyl adjacent to an activating group) is 1. The predicted molar refractivity (Wildman–Crippen MR) is 70.6 cm³/mol. The zero-order chi connectivity index (χ0) is 13.8. The molecule has 6 heteroatoms. The van der Waals surface area contributed by atoms with E-state index in [2.05, 4.69) is 5.32 Å². The third-order valence-electron chi connectivity index (χ3n) is 3.10. The largest absolute Gasteiger partial charge is 0.399 e. The number of morpholine rings is 1. The number of nitrogens with two attached hydrogens (primary N) is 1. The minimum absolute atomic E-state index is 0.183. The first kappa shape index (κ1) is 13.4. The Hall–Kier alpha value is -2.08. The van der Waals surface area contributed by atoms with Gasteiger partial charge in [0.1, 0.15) is 6.04 Å². The lowest BCUT2D eigenvalue weighted by atomic mass is 10.1. The average Bonchev–Trinajstić information content (AvgIpc) is 2.46. The molecule has 0 spiro atoms. The van der Waals surface area contributed by atoms with E-state index < -0.39 is 6.04 Å². The Balaban J connectivity index is 2.20. The summed E-state index contributed by atoms with van der Waals surface area (Å²) >= 11 is 0. The van der Waals surface area contributed by atoms with Crippen LogP contribution >= 0.6 is 0 Å². The van der Waals surface area contributed by atoms with E-state index >= 15 is 0 Å². The van der Waals surface area contributed by atoms with Crippen molar-refractivity contribution in [2.45, 2.75) is 6.04 Å². The molecule has 0 bridgehead atoms. The number of benzene rings is 1. The summed E-state index contributed by atoms with van der Waals surface area (Å²) in [4.78, 5) is 25.7. The normalized spacial score (nSPS) is 19.0. The SMILES string of the molecule is CNC(=O)C1COCCN1C(=O)c1ccc(N)cc1. The van der Waals surface area contributed by atoms with Crippen LogP contribution in [0, 0.1) is 0 Å². The molecule has 6 nitrogen and oxygen atoms in total. The topological polar surface area (TPSA) is 84.7 Å². The van der Waals surface area contributed by atoms with Gasteiger partial charge < -0.3 is 20.7 Å². The van der Waals surface area contributed by atoms with Gasteiger partial charge in [-0.3, -0.25) is 9.59 Å². The van der Waals surface area contributed by atoms with Crippen LogP contribution in [0.3, 0.4) is 0 Å². The first-order valence-electron chi connectivity index (χ1n) is 6.09. The molecule has 1 unspecified atom stereocenters. The molecular weight excluding hydrogens is 246 g/mol. The Bertz CT molecular complexity index is 473. The molecule has 1 atom stereocenters. The molecule has 102 valence electrons. The monoisotopic (exact) mass is 263 g/mol. The fraction of sp³-hybridized carbons (Fsp3) is 0.385. The van der Waals surface area contributed by atoms with Gasteiger partial charge in [0.25, 0.3) is 5.91 Å². The van der Waals surface area contributed by atoms with Crippen molar-refractivity contribution >= 4 is 17.5 Å². The third kappa shape index (κ3) is 2.85. The number of nitrogen functional groups attached to an aromatic ring is 1. The molecule has 2 amide bonds. The van der Waals surface area contributed by atoms with Gasteiger partial charge in [-0.25, -0.2) is 0 Å². The smallest absolute Gasteiger partial charge is 0.254 e. The molecule has 0 aliphatic carbocycles. The molecule has 0 aromatic heterocycles. The van der Waals surface area contributed by atoms with Gasteiger partial charge in [-0.15, -0.1) is 0 Å². The van der Waals surface area contributed by atoms with E-state index in [1.807, 2.05) is 0 Å². The number of hydrogen-bond donors (Lipinski definition) is 2. The van der Waals surface area contributed by atoms with Crippen molar-refractivity contribution < 1.29 is 14.3 Å². The van der Waals surface area contributed by atoms with Crippen molar-refractivity contribution in [2.75, 3.05) is 32.5 Å². The van der Waals surface area contributed by atoms with Crippen LogP contribution in [0.4, 0.5) is 5.69 Å². The van der Waals surface area contributed by atoms with Gasteiger partial charge >= 0.3 is 0 Å². The van der Waals surface area contributed by atoms with Crippen LogP contribution in [-0.2, 0) is 9.53 Å². The number of anilines is 1. The quantitative estimate of drug-likeness (QED) is 0.727. The van der Waals surface area contributed by atoms with Crippen molar-refractivity contribution in [2.24, 2.45) is 0 Å². The summed E-state index contributed by atoms with van der Waals surface area (Å²) in [6.07, 6.45) is 0. The molecule has 1 fully saturated rings. The maximum absolute atomic E-state index is 12.4. The number of rotatable bonds is 2. The molecule has 0 radical (unpaired) electrons. The van der Waals surface area contributed by atoms with Crippen molar-refractivity contribution in [1.29, 1.82) is 0 Å².